The summed E-state index contributed by atoms with van der Waals surface area (Å²) < 4.78 is 4.90. The van der Waals surface area contributed by atoms with E-state index in [1.807, 2.05) is 6.07 Å². The molecule has 2 rings (SSSR count). The Morgan fingerprint density at radius 2 is 2.04 bits per heavy atom. The van der Waals surface area contributed by atoms with Crippen molar-refractivity contribution in [3.8, 4) is 0 Å². The molecule has 0 bridgehead atoms. The van der Waals surface area contributed by atoms with Crippen molar-refractivity contribution in [1.29, 1.82) is 0 Å². The van der Waals surface area contributed by atoms with Crippen LogP contribution in [0.15, 0.2) is 21.8 Å². The normalized spacial score (nSPS) is 17.3. The molecule has 7 nitrogen and oxygen atoms in total. The molecule has 136 valence electrons. The number of guanidine groups is 1. The summed E-state index contributed by atoms with van der Waals surface area (Å²) in [6, 6.07) is 1.93. The van der Waals surface area contributed by atoms with Crippen molar-refractivity contribution in [2.45, 2.75) is 39.8 Å². The lowest BCUT2D eigenvalue weighted by Crippen LogP contribution is -2.52. The van der Waals surface area contributed by atoms with Crippen LogP contribution in [0, 0.1) is 0 Å². The Morgan fingerprint density at radius 1 is 1.29 bits per heavy atom. The summed E-state index contributed by atoms with van der Waals surface area (Å²) in [4.78, 5) is 9.51. The fourth-order valence-electron chi connectivity index (χ4n) is 2.68. The van der Waals surface area contributed by atoms with Crippen LogP contribution in [0.3, 0.4) is 0 Å². The van der Waals surface area contributed by atoms with Gasteiger partial charge in [0.05, 0.1) is 12.2 Å². The Balaban J connectivity index is 1.79. The minimum Gasteiger partial charge on any atom is -0.364 e. The van der Waals surface area contributed by atoms with Crippen LogP contribution in [-0.4, -0.2) is 72.3 Å². The molecule has 7 heteroatoms. The van der Waals surface area contributed by atoms with Crippen molar-refractivity contribution in [2.75, 3.05) is 45.8 Å². The standard InChI is InChI=1S/C17H32N6O/c1-5-18-16(19-7-8-20-17(2,3)4)23-11-9-22(10-12-23)14-15-6-13-24-21-15/h6,13,20H,5,7-12,14H2,1-4H3,(H,18,19). The highest BCUT2D eigenvalue weighted by molar-refractivity contribution is 5.80. The van der Waals surface area contributed by atoms with E-state index in [4.69, 9.17) is 9.52 Å². The van der Waals surface area contributed by atoms with Gasteiger partial charge in [-0.15, -0.1) is 0 Å². The smallest absolute Gasteiger partial charge is 0.194 e. The predicted octanol–water partition coefficient (Wildman–Crippen LogP) is 1.15. The average Bonchev–Trinajstić information content (AvgIpc) is 3.03. The Bertz CT molecular complexity index is 486. The second-order valence-corrected chi connectivity index (χ2v) is 7.17. The molecule has 0 spiro atoms. The molecule has 0 amide bonds. The van der Waals surface area contributed by atoms with Gasteiger partial charge < -0.3 is 20.1 Å². The molecule has 1 fully saturated rings. The molecule has 24 heavy (non-hydrogen) atoms. The topological polar surface area (TPSA) is 68.9 Å². The minimum absolute atomic E-state index is 0.139. The van der Waals surface area contributed by atoms with Crippen LogP contribution in [0.4, 0.5) is 0 Å². The molecule has 2 N–H and O–H groups in total. The van der Waals surface area contributed by atoms with E-state index in [-0.39, 0.29) is 5.54 Å². The second kappa shape index (κ2) is 9.03. The van der Waals surface area contributed by atoms with Crippen LogP contribution in [0.1, 0.15) is 33.4 Å². The zero-order chi connectivity index (χ0) is 17.4. The van der Waals surface area contributed by atoms with E-state index in [0.717, 1.165) is 64.0 Å². The number of aliphatic imine (C=N–C) groups is 1. The SMILES string of the molecule is CCNC(=NCCNC(C)(C)C)N1CCN(Cc2ccon2)CC1. The third kappa shape index (κ3) is 6.49. The maximum absolute atomic E-state index is 4.90. The van der Waals surface area contributed by atoms with E-state index >= 15 is 0 Å². The molecule has 1 saturated heterocycles. The number of nitrogens with zero attached hydrogens (tertiary/aromatic N) is 4. The van der Waals surface area contributed by atoms with E-state index in [2.05, 4.69) is 53.3 Å². The fraction of sp³-hybridized carbons (Fsp3) is 0.765. The summed E-state index contributed by atoms with van der Waals surface area (Å²) >= 11 is 0. The quantitative estimate of drug-likeness (QED) is 0.461. The van der Waals surface area contributed by atoms with Gasteiger partial charge in [0.1, 0.15) is 6.26 Å². The lowest BCUT2D eigenvalue weighted by molar-refractivity contribution is 0.169. The van der Waals surface area contributed by atoms with Crippen LogP contribution in [0.2, 0.25) is 0 Å². The van der Waals surface area contributed by atoms with Gasteiger partial charge in [-0.1, -0.05) is 5.16 Å². The lowest BCUT2D eigenvalue weighted by atomic mass is 10.1. The van der Waals surface area contributed by atoms with Crippen molar-refractivity contribution in [3.05, 3.63) is 18.0 Å². The van der Waals surface area contributed by atoms with Gasteiger partial charge in [0, 0.05) is 57.4 Å². The van der Waals surface area contributed by atoms with Gasteiger partial charge in [0.15, 0.2) is 5.96 Å². The first kappa shape index (κ1) is 18.7. The largest absolute Gasteiger partial charge is 0.364 e. The first-order valence-corrected chi connectivity index (χ1v) is 8.88. The molecule has 2 heterocycles. The average molecular weight is 336 g/mol. The molecule has 1 aromatic heterocycles. The summed E-state index contributed by atoms with van der Waals surface area (Å²) in [7, 11) is 0. The second-order valence-electron chi connectivity index (χ2n) is 7.17. The first-order chi connectivity index (χ1) is 11.5. The molecule has 0 saturated carbocycles. The highest BCUT2D eigenvalue weighted by Gasteiger charge is 2.20. The zero-order valence-electron chi connectivity index (χ0n) is 15.5. The highest BCUT2D eigenvalue weighted by Crippen LogP contribution is 2.07. The first-order valence-electron chi connectivity index (χ1n) is 8.88. The van der Waals surface area contributed by atoms with Crippen molar-refractivity contribution >= 4 is 5.96 Å². The fourth-order valence-corrected chi connectivity index (χ4v) is 2.68. The number of hydrogen-bond donors (Lipinski definition) is 2. The third-order valence-electron chi connectivity index (χ3n) is 3.91. The van der Waals surface area contributed by atoms with Gasteiger partial charge in [-0.2, -0.15) is 0 Å². The summed E-state index contributed by atoms with van der Waals surface area (Å²) in [5.41, 5.74) is 1.14. The van der Waals surface area contributed by atoms with Crippen molar-refractivity contribution in [1.82, 2.24) is 25.6 Å². The summed E-state index contributed by atoms with van der Waals surface area (Å²) in [5.74, 6) is 1.02. The van der Waals surface area contributed by atoms with Gasteiger partial charge in [0.2, 0.25) is 0 Å². The molecule has 0 radical (unpaired) electrons. The van der Waals surface area contributed by atoms with Gasteiger partial charge in [-0.25, -0.2) is 0 Å². The third-order valence-corrected chi connectivity index (χ3v) is 3.91. The number of piperazine rings is 1. The van der Waals surface area contributed by atoms with Crippen molar-refractivity contribution in [3.63, 3.8) is 0 Å². The molecule has 0 atom stereocenters. The van der Waals surface area contributed by atoms with Gasteiger partial charge in [0.25, 0.3) is 0 Å². The maximum Gasteiger partial charge on any atom is 0.194 e. The Morgan fingerprint density at radius 3 is 2.62 bits per heavy atom. The lowest BCUT2D eigenvalue weighted by Gasteiger charge is -2.36. The zero-order valence-corrected chi connectivity index (χ0v) is 15.5. The predicted molar refractivity (Wildman–Crippen MR) is 97.1 cm³/mol. The number of nitrogens with one attached hydrogen (secondary N) is 2. The molecule has 1 aliphatic heterocycles. The Hall–Kier alpha value is -1.60. The molecule has 0 unspecified atom stereocenters. The highest BCUT2D eigenvalue weighted by atomic mass is 16.5. The number of hydrogen-bond acceptors (Lipinski definition) is 5. The monoisotopic (exact) mass is 336 g/mol. The molecule has 0 aromatic carbocycles. The van der Waals surface area contributed by atoms with E-state index in [1.165, 1.54) is 0 Å². The van der Waals surface area contributed by atoms with Gasteiger partial charge >= 0.3 is 0 Å². The van der Waals surface area contributed by atoms with E-state index in [9.17, 15) is 0 Å². The molecular weight excluding hydrogens is 304 g/mol. The van der Waals surface area contributed by atoms with Gasteiger partial charge in [-0.3, -0.25) is 9.89 Å². The van der Waals surface area contributed by atoms with Crippen LogP contribution in [0.25, 0.3) is 0 Å². The summed E-state index contributed by atoms with van der Waals surface area (Å²) in [6.07, 6.45) is 1.63. The Kier molecular flexibility index (Phi) is 7.05. The van der Waals surface area contributed by atoms with Crippen LogP contribution < -0.4 is 10.6 Å². The van der Waals surface area contributed by atoms with Crippen LogP contribution in [-0.2, 0) is 6.54 Å². The van der Waals surface area contributed by atoms with Crippen molar-refractivity contribution in [2.24, 2.45) is 4.99 Å². The molecular formula is C17H32N6O. The summed E-state index contributed by atoms with van der Waals surface area (Å²) in [6.45, 7) is 16.1. The molecule has 0 aliphatic carbocycles. The van der Waals surface area contributed by atoms with E-state index in [0.29, 0.717) is 0 Å². The van der Waals surface area contributed by atoms with Crippen LogP contribution >= 0.6 is 0 Å². The van der Waals surface area contributed by atoms with E-state index < -0.39 is 0 Å². The van der Waals surface area contributed by atoms with Crippen molar-refractivity contribution < 1.29 is 4.52 Å². The number of rotatable bonds is 6. The maximum atomic E-state index is 4.90. The Labute approximate surface area is 145 Å². The summed E-state index contributed by atoms with van der Waals surface area (Å²) in [5, 5.41) is 10.9. The minimum atomic E-state index is 0.139. The van der Waals surface area contributed by atoms with E-state index in [1.54, 1.807) is 6.26 Å². The van der Waals surface area contributed by atoms with Crippen LogP contribution in [0.5, 0.6) is 0 Å². The number of aromatic nitrogens is 1. The van der Waals surface area contributed by atoms with Gasteiger partial charge in [-0.05, 0) is 27.7 Å². The molecule has 1 aromatic rings. The molecule has 1 aliphatic rings.